The van der Waals surface area contributed by atoms with E-state index in [1.54, 1.807) is 7.11 Å². The van der Waals surface area contributed by atoms with E-state index in [9.17, 15) is 5.11 Å². The summed E-state index contributed by atoms with van der Waals surface area (Å²) in [6, 6.07) is 2.05. The molecule has 23 heavy (non-hydrogen) atoms. The van der Waals surface area contributed by atoms with Gasteiger partial charge in [-0.25, -0.2) is 4.58 Å². The van der Waals surface area contributed by atoms with E-state index in [-0.39, 0.29) is 28.5 Å². The summed E-state index contributed by atoms with van der Waals surface area (Å²) >= 11 is 0. The van der Waals surface area contributed by atoms with Crippen LogP contribution in [-0.4, -0.2) is 48.8 Å². The lowest BCUT2D eigenvalue weighted by Gasteiger charge is -2.34. The Labute approximate surface area is 147 Å². The second-order valence-corrected chi connectivity index (χ2v) is 6.68. The fourth-order valence-corrected chi connectivity index (χ4v) is 4.13. The molecule has 0 amide bonds. The summed E-state index contributed by atoms with van der Waals surface area (Å²) in [5, 5.41) is 10.0. The number of hydrogen-bond donors (Lipinski definition) is 1. The Morgan fingerprint density at radius 3 is 2.96 bits per heavy atom. The van der Waals surface area contributed by atoms with Gasteiger partial charge in [0, 0.05) is 24.0 Å². The summed E-state index contributed by atoms with van der Waals surface area (Å²) in [5.74, 6) is 1.66. The molecule has 2 heterocycles. The molecule has 0 aromatic heterocycles. The molecular formula is C18H22BrNO3. The number of rotatable bonds is 1. The van der Waals surface area contributed by atoms with Crippen LogP contribution in [0.3, 0.4) is 0 Å². The molecule has 4 rings (SSSR count). The molecule has 3 atom stereocenters. The Hall–Kier alpha value is -1.33. The largest absolute Gasteiger partial charge is 1.00 e. The first-order valence-electron chi connectivity index (χ1n) is 7.86. The van der Waals surface area contributed by atoms with Crippen LogP contribution in [0.1, 0.15) is 29.5 Å². The maximum Gasteiger partial charge on any atom is 0.171 e. The minimum atomic E-state index is -0.426. The molecule has 1 spiro atoms. The minimum absolute atomic E-state index is 0. The third kappa shape index (κ3) is 2.24. The summed E-state index contributed by atoms with van der Waals surface area (Å²) in [6.07, 6.45) is 7.50. The Morgan fingerprint density at radius 2 is 2.22 bits per heavy atom. The van der Waals surface area contributed by atoms with Crippen LogP contribution < -0.4 is 26.5 Å². The number of halogens is 1. The van der Waals surface area contributed by atoms with Gasteiger partial charge in [0.25, 0.3) is 0 Å². The highest BCUT2D eigenvalue weighted by Gasteiger charge is 2.53. The van der Waals surface area contributed by atoms with Crippen molar-refractivity contribution < 1.29 is 36.1 Å². The Balaban J connectivity index is 0.00000156. The highest BCUT2D eigenvalue weighted by molar-refractivity contribution is 5.85. The maximum absolute atomic E-state index is 10.0. The quantitative estimate of drug-likeness (QED) is 0.491. The smallest absolute Gasteiger partial charge is 0.171 e. The third-order valence-electron chi connectivity index (χ3n) is 5.31. The van der Waals surface area contributed by atoms with Crippen LogP contribution in [0.4, 0.5) is 0 Å². The van der Waals surface area contributed by atoms with Crippen LogP contribution in [0.5, 0.6) is 11.5 Å². The van der Waals surface area contributed by atoms with Gasteiger partial charge in [-0.05, 0) is 18.6 Å². The van der Waals surface area contributed by atoms with Crippen molar-refractivity contribution in [2.75, 3.05) is 20.7 Å². The van der Waals surface area contributed by atoms with Crippen LogP contribution in [0.25, 0.3) is 0 Å². The Kier molecular flexibility index (Phi) is 4.05. The van der Waals surface area contributed by atoms with E-state index in [0.29, 0.717) is 6.42 Å². The minimum Gasteiger partial charge on any atom is -1.00 e. The maximum atomic E-state index is 10.0. The lowest BCUT2D eigenvalue weighted by atomic mass is 9.68. The van der Waals surface area contributed by atoms with Crippen LogP contribution in [-0.2, 0) is 5.41 Å². The molecular weight excluding hydrogens is 358 g/mol. The molecule has 5 heteroatoms. The summed E-state index contributed by atoms with van der Waals surface area (Å²) in [7, 11) is 3.80. The van der Waals surface area contributed by atoms with Crippen LogP contribution in [0.15, 0.2) is 18.2 Å². The topological polar surface area (TPSA) is 41.7 Å². The second-order valence-electron chi connectivity index (χ2n) is 6.68. The van der Waals surface area contributed by atoms with E-state index in [4.69, 9.17) is 9.47 Å². The first kappa shape index (κ1) is 16.5. The Morgan fingerprint density at radius 1 is 1.43 bits per heavy atom. The van der Waals surface area contributed by atoms with Crippen LogP contribution >= 0.6 is 0 Å². The summed E-state index contributed by atoms with van der Waals surface area (Å²) in [5.41, 5.74) is 3.53. The number of hydrogen-bond acceptors (Lipinski definition) is 3. The zero-order chi connectivity index (χ0) is 15.5. The van der Waals surface area contributed by atoms with Crippen molar-refractivity contribution >= 4 is 6.21 Å². The zero-order valence-electron chi connectivity index (χ0n) is 13.7. The first-order chi connectivity index (χ1) is 10.5. The number of aliphatic hydroxyl groups is 1. The highest BCUT2D eigenvalue weighted by atomic mass is 79.9. The average Bonchev–Trinajstić information content (AvgIpc) is 2.74. The normalized spacial score (nSPS) is 30.3. The second kappa shape index (κ2) is 5.64. The molecule has 0 saturated heterocycles. The van der Waals surface area contributed by atoms with Gasteiger partial charge < -0.3 is 31.6 Å². The van der Waals surface area contributed by atoms with E-state index in [1.165, 1.54) is 16.7 Å². The van der Waals surface area contributed by atoms with E-state index < -0.39 is 6.10 Å². The summed E-state index contributed by atoms with van der Waals surface area (Å²) < 4.78 is 14.1. The lowest BCUT2D eigenvalue weighted by Crippen LogP contribution is -3.00. The van der Waals surface area contributed by atoms with Crippen molar-refractivity contribution in [3.63, 3.8) is 0 Å². The molecule has 0 radical (unpaired) electrons. The van der Waals surface area contributed by atoms with Crippen LogP contribution in [0.2, 0.25) is 0 Å². The molecule has 2 aliphatic heterocycles. The first-order valence-corrected chi connectivity index (χ1v) is 7.86. The predicted octanol–water partition coefficient (Wildman–Crippen LogP) is -1.21. The third-order valence-corrected chi connectivity index (χ3v) is 5.31. The summed E-state index contributed by atoms with van der Waals surface area (Å²) in [4.78, 5) is 0. The lowest BCUT2D eigenvalue weighted by molar-refractivity contribution is -0.493. The van der Waals surface area contributed by atoms with E-state index in [0.717, 1.165) is 24.5 Å². The van der Waals surface area contributed by atoms with Gasteiger partial charge in [0.1, 0.15) is 19.7 Å². The van der Waals surface area contributed by atoms with Crippen molar-refractivity contribution in [3.8, 4) is 11.5 Å². The van der Waals surface area contributed by atoms with Gasteiger partial charge in [0.05, 0.1) is 18.6 Å². The van der Waals surface area contributed by atoms with E-state index in [2.05, 4.69) is 36.9 Å². The van der Waals surface area contributed by atoms with E-state index in [1.807, 2.05) is 6.08 Å². The molecule has 1 N–H and O–H groups in total. The molecule has 1 aliphatic carbocycles. The molecule has 1 aromatic rings. The number of aliphatic hydroxyl groups excluding tert-OH is 1. The molecule has 1 aromatic carbocycles. The fourth-order valence-electron chi connectivity index (χ4n) is 4.13. The predicted molar refractivity (Wildman–Crippen MR) is 84.4 cm³/mol. The number of benzene rings is 1. The van der Waals surface area contributed by atoms with Crippen molar-refractivity contribution in [1.29, 1.82) is 0 Å². The highest BCUT2D eigenvalue weighted by Crippen LogP contribution is 2.55. The molecule has 124 valence electrons. The van der Waals surface area contributed by atoms with Gasteiger partial charge in [-0.3, -0.25) is 0 Å². The molecule has 0 bridgehead atoms. The van der Waals surface area contributed by atoms with E-state index >= 15 is 0 Å². The standard InChI is InChI=1S/C18H22NO3.BrH/c1-11-8-14(21-3)17-16-13(11)10-19(2)7-6-18(16)5-4-12(20)9-15(18)22-17;/h4-5,8,10,12,15,20H,6-7,9H2,1-3H3;1H/q+1;/p-1/t12-,15-,18-;/m0./s1. The Bertz CT molecular complexity index is 713. The molecule has 3 aliphatic rings. The van der Waals surface area contributed by atoms with Gasteiger partial charge in [-0.1, -0.05) is 12.2 Å². The number of ether oxygens (including phenoxy) is 2. The average molecular weight is 380 g/mol. The van der Waals surface area contributed by atoms with Gasteiger partial charge in [-0.15, -0.1) is 0 Å². The number of aryl methyl sites for hydroxylation is 1. The van der Waals surface area contributed by atoms with Crippen molar-refractivity contribution in [2.45, 2.75) is 37.4 Å². The van der Waals surface area contributed by atoms with Gasteiger partial charge in [0.15, 0.2) is 17.7 Å². The number of nitrogens with zero attached hydrogens (tertiary/aromatic N) is 1. The van der Waals surface area contributed by atoms with Crippen molar-refractivity contribution in [3.05, 3.63) is 34.9 Å². The molecule has 0 unspecified atom stereocenters. The monoisotopic (exact) mass is 379 g/mol. The van der Waals surface area contributed by atoms with Crippen LogP contribution in [0, 0.1) is 6.92 Å². The summed E-state index contributed by atoms with van der Waals surface area (Å²) in [6.45, 7) is 3.09. The number of methoxy groups -OCH3 is 1. The molecule has 4 nitrogen and oxygen atoms in total. The van der Waals surface area contributed by atoms with Gasteiger partial charge in [0.2, 0.25) is 0 Å². The zero-order valence-corrected chi connectivity index (χ0v) is 15.3. The molecule has 0 fully saturated rings. The van der Waals surface area contributed by atoms with Gasteiger partial charge >= 0.3 is 0 Å². The molecule has 0 saturated carbocycles. The van der Waals surface area contributed by atoms with Gasteiger partial charge in [-0.2, -0.15) is 0 Å². The fraction of sp³-hybridized carbons (Fsp3) is 0.500. The van der Waals surface area contributed by atoms with Crippen molar-refractivity contribution in [1.82, 2.24) is 0 Å². The van der Waals surface area contributed by atoms with Crippen molar-refractivity contribution in [2.24, 2.45) is 0 Å². The SMILES string of the molecule is COc1cc(C)c2c3c1O[C@H]1C[C@@H](O)C=C[C@@]31CC[N+](C)=C2.[Br-].